The van der Waals surface area contributed by atoms with Crippen LogP contribution in [0.4, 0.5) is 0 Å². The van der Waals surface area contributed by atoms with Crippen LogP contribution in [0.2, 0.25) is 0 Å². The van der Waals surface area contributed by atoms with Gasteiger partial charge in [0.15, 0.2) is 6.61 Å². The summed E-state index contributed by atoms with van der Waals surface area (Å²) in [5.74, 6) is 0.00283. The molecule has 2 aromatic rings. The van der Waals surface area contributed by atoms with Gasteiger partial charge in [0.2, 0.25) is 11.8 Å². The van der Waals surface area contributed by atoms with Crippen LogP contribution >= 0.6 is 0 Å². The Hall–Kier alpha value is -3.47. The van der Waals surface area contributed by atoms with Crippen LogP contribution < -0.4 is 20.9 Å². The van der Waals surface area contributed by atoms with E-state index < -0.39 is 5.91 Å². The predicted octanol–water partition coefficient (Wildman–Crippen LogP) is 1.05. The number of nitriles is 1. The number of nitrogens with one attached hydrogen (secondary N) is 1. The maximum Gasteiger partial charge on any atom is 0.255 e. The van der Waals surface area contributed by atoms with Crippen LogP contribution in [-0.4, -0.2) is 22.7 Å². The molecule has 0 aliphatic carbocycles. The first-order chi connectivity index (χ1) is 12.0. The number of allylic oxidation sites excluding steroid dienone is 1. The molecular weight excluding hydrogens is 322 g/mol. The molecule has 1 atom stereocenters. The molecule has 8 nitrogen and oxygen atoms in total. The summed E-state index contributed by atoms with van der Waals surface area (Å²) in [6.07, 6.45) is 0.709. The SMILES string of the molecule is CCc1[nH]nc2c1[C@@H](c1ccc(OCC(N)=O)cc1)C(C#N)=C(N)O2. The molecule has 0 spiro atoms. The van der Waals surface area contributed by atoms with Gasteiger partial charge in [-0.2, -0.15) is 5.26 Å². The fourth-order valence-corrected chi connectivity index (χ4v) is 2.82. The third-order valence-corrected chi connectivity index (χ3v) is 3.97. The minimum atomic E-state index is -0.549. The third kappa shape index (κ3) is 2.99. The number of benzene rings is 1. The molecule has 0 unspecified atom stereocenters. The highest BCUT2D eigenvalue weighted by atomic mass is 16.5. The smallest absolute Gasteiger partial charge is 0.255 e. The standard InChI is InChI=1S/C17H17N5O3/c1-2-12-15-14(11(7-18)16(20)25-17(15)22-21-12)9-3-5-10(6-4-9)24-8-13(19)23/h3-6,14H,2,8,20H2,1H3,(H2,19,23)(H,21,22)/t14-/m0/s1. The number of hydrogen-bond donors (Lipinski definition) is 3. The van der Waals surface area contributed by atoms with Crippen LogP contribution in [0.1, 0.15) is 29.7 Å². The maximum absolute atomic E-state index is 10.8. The maximum atomic E-state index is 10.8. The monoisotopic (exact) mass is 339 g/mol. The molecule has 0 radical (unpaired) electrons. The van der Waals surface area contributed by atoms with Crippen LogP contribution in [0.5, 0.6) is 11.6 Å². The van der Waals surface area contributed by atoms with Crippen molar-refractivity contribution in [1.82, 2.24) is 10.2 Å². The van der Waals surface area contributed by atoms with Crippen LogP contribution in [0.15, 0.2) is 35.7 Å². The van der Waals surface area contributed by atoms with E-state index in [2.05, 4.69) is 16.3 Å². The molecule has 0 fully saturated rings. The first-order valence-electron chi connectivity index (χ1n) is 7.70. The van der Waals surface area contributed by atoms with Gasteiger partial charge in [-0.25, -0.2) is 0 Å². The number of rotatable bonds is 5. The van der Waals surface area contributed by atoms with Crippen molar-refractivity contribution >= 4 is 5.91 Å². The molecule has 3 rings (SSSR count). The summed E-state index contributed by atoms with van der Waals surface area (Å²) < 4.78 is 10.7. The zero-order chi connectivity index (χ0) is 18.0. The number of fused-ring (bicyclic) bond motifs is 1. The summed E-state index contributed by atoms with van der Waals surface area (Å²) in [4.78, 5) is 10.8. The predicted molar refractivity (Wildman–Crippen MR) is 88.4 cm³/mol. The molecule has 1 aliphatic heterocycles. The zero-order valence-electron chi connectivity index (χ0n) is 13.6. The number of aromatic amines is 1. The summed E-state index contributed by atoms with van der Waals surface area (Å²) in [6.45, 7) is 1.79. The van der Waals surface area contributed by atoms with E-state index in [0.29, 0.717) is 23.6 Å². The van der Waals surface area contributed by atoms with Gasteiger partial charge in [0, 0.05) is 11.3 Å². The number of primary amides is 1. The lowest BCUT2D eigenvalue weighted by molar-refractivity contribution is -0.119. The van der Waals surface area contributed by atoms with Crippen molar-refractivity contribution in [1.29, 1.82) is 5.26 Å². The Bertz CT molecular complexity index is 877. The number of carbonyl (C=O) groups excluding carboxylic acids is 1. The molecule has 8 heteroatoms. The first-order valence-corrected chi connectivity index (χ1v) is 7.70. The second kappa shape index (κ2) is 6.57. The molecule has 0 saturated carbocycles. The van der Waals surface area contributed by atoms with E-state index >= 15 is 0 Å². The summed E-state index contributed by atoms with van der Waals surface area (Å²) in [5, 5.41) is 16.6. The quantitative estimate of drug-likeness (QED) is 0.744. The van der Waals surface area contributed by atoms with Crippen molar-refractivity contribution in [3.05, 3.63) is 52.5 Å². The molecule has 1 aromatic heterocycles. The van der Waals surface area contributed by atoms with Crippen LogP contribution in [0.25, 0.3) is 0 Å². The molecule has 128 valence electrons. The molecule has 1 aliphatic rings. The van der Waals surface area contributed by atoms with Gasteiger partial charge in [-0.15, -0.1) is 5.10 Å². The normalized spacial score (nSPS) is 15.9. The molecule has 1 amide bonds. The van der Waals surface area contributed by atoms with E-state index in [1.54, 1.807) is 12.1 Å². The molecule has 1 aromatic carbocycles. The average Bonchev–Trinajstić information content (AvgIpc) is 3.01. The van der Waals surface area contributed by atoms with E-state index in [4.69, 9.17) is 20.9 Å². The minimum absolute atomic E-state index is 0.0446. The van der Waals surface area contributed by atoms with Crippen molar-refractivity contribution in [2.45, 2.75) is 19.3 Å². The lowest BCUT2D eigenvalue weighted by Gasteiger charge is -2.24. The first kappa shape index (κ1) is 16.4. The van der Waals surface area contributed by atoms with Gasteiger partial charge in [-0.1, -0.05) is 19.1 Å². The van der Waals surface area contributed by atoms with Crippen LogP contribution in [0, 0.1) is 11.3 Å². The number of carbonyl (C=O) groups is 1. The number of ether oxygens (including phenoxy) is 2. The number of amides is 1. The Kier molecular flexibility index (Phi) is 4.31. The second-order valence-electron chi connectivity index (χ2n) is 5.52. The van der Waals surface area contributed by atoms with E-state index in [9.17, 15) is 10.1 Å². The lowest BCUT2D eigenvalue weighted by atomic mass is 9.83. The van der Waals surface area contributed by atoms with Crippen molar-refractivity contribution in [2.75, 3.05) is 6.61 Å². The number of H-pyrrole nitrogens is 1. The van der Waals surface area contributed by atoms with Gasteiger partial charge >= 0.3 is 0 Å². The Balaban J connectivity index is 2.01. The van der Waals surface area contributed by atoms with Gasteiger partial charge in [-0.05, 0) is 24.1 Å². The van der Waals surface area contributed by atoms with Crippen LogP contribution in [-0.2, 0) is 11.2 Å². The Morgan fingerprint density at radius 2 is 2.16 bits per heavy atom. The molecule has 0 saturated heterocycles. The third-order valence-electron chi connectivity index (χ3n) is 3.97. The van der Waals surface area contributed by atoms with E-state index in [0.717, 1.165) is 16.8 Å². The summed E-state index contributed by atoms with van der Waals surface area (Å²) in [6, 6.07) is 9.18. The largest absolute Gasteiger partial charge is 0.484 e. The Morgan fingerprint density at radius 1 is 1.44 bits per heavy atom. The van der Waals surface area contributed by atoms with Gasteiger partial charge < -0.3 is 20.9 Å². The molecule has 5 N–H and O–H groups in total. The second-order valence-corrected chi connectivity index (χ2v) is 5.52. The Labute approximate surface area is 144 Å². The topological polar surface area (TPSA) is 140 Å². The van der Waals surface area contributed by atoms with Crippen molar-refractivity contribution in [3.8, 4) is 17.7 Å². The highest BCUT2D eigenvalue weighted by Crippen LogP contribution is 2.43. The number of nitrogens with zero attached hydrogens (tertiary/aromatic N) is 2. The highest BCUT2D eigenvalue weighted by Gasteiger charge is 2.34. The highest BCUT2D eigenvalue weighted by molar-refractivity contribution is 5.75. The van der Waals surface area contributed by atoms with Gasteiger partial charge in [0.1, 0.15) is 17.4 Å². The zero-order valence-corrected chi connectivity index (χ0v) is 13.6. The van der Waals surface area contributed by atoms with Gasteiger partial charge in [0.05, 0.1) is 5.92 Å². The number of aryl methyl sites for hydroxylation is 1. The minimum Gasteiger partial charge on any atom is -0.484 e. The van der Waals surface area contributed by atoms with E-state index in [1.165, 1.54) is 0 Å². The van der Waals surface area contributed by atoms with Crippen LogP contribution in [0.3, 0.4) is 0 Å². The average molecular weight is 339 g/mol. The van der Waals surface area contributed by atoms with Gasteiger partial charge in [-0.3, -0.25) is 9.89 Å². The van der Waals surface area contributed by atoms with E-state index in [1.807, 2.05) is 19.1 Å². The lowest BCUT2D eigenvalue weighted by Crippen LogP contribution is -2.21. The van der Waals surface area contributed by atoms with Gasteiger partial charge in [0.25, 0.3) is 5.91 Å². The summed E-state index contributed by atoms with van der Waals surface area (Å²) in [5.41, 5.74) is 13.8. The number of nitrogens with two attached hydrogens (primary N) is 2. The molecular formula is C17H17N5O3. The molecule has 25 heavy (non-hydrogen) atoms. The van der Waals surface area contributed by atoms with Crippen molar-refractivity contribution < 1.29 is 14.3 Å². The van der Waals surface area contributed by atoms with Crippen molar-refractivity contribution in [3.63, 3.8) is 0 Å². The summed E-state index contributed by atoms with van der Waals surface area (Å²) >= 11 is 0. The fourth-order valence-electron chi connectivity index (χ4n) is 2.82. The number of aromatic nitrogens is 2. The molecule has 2 heterocycles. The summed E-state index contributed by atoms with van der Waals surface area (Å²) in [7, 11) is 0. The molecule has 0 bridgehead atoms. The Morgan fingerprint density at radius 3 is 2.76 bits per heavy atom. The van der Waals surface area contributed by atoms with E-state index in [-0.39, 0.29) is 18.4 Å². The van der Waals surface area contributed by atoms with Crippen molar-refractivity contribution in [2.24, 2.45) is 11.5 Å². The fraction of sp³-hybridized carbons (Fsp3) is 0.235. The number of hydrogen-bond acceptors (Lipinski definition) is 6.